The van der Waals surface area contributed by atoms with E-state index < -0.39 is 11.6 Å². The van der Waals surface area contributed by atoms with Crippen LogP contribution in [0.1, 0.15) is 51.2 Å². The summed E-state index contributed by atoms with van der Waals surface area (Å²) in [5.41, 5.74) is -0.425. The van der Waals surface area contributed by atoms with Gasteiger partial charge in [-0.2, -0.15) is 4.98 Å². The van der Waals surface area contributed by atoms with Crippen LogP contribution in [-0.4, -0.2) is 38.3 Å². The van der Waals surface area contributed by atoms with Crippen molar-refractivity contribution >= 4 is 6.09 Å². The monoisotopic (exact) mass is 253 g/mol. The Bertz CT molecular complexity index is 432. The molecule has 0 bridgehead atoms. The van der Waals surface area contributed by atoms with Crippen LogP contribution in [0.2, 0.25) is 0 Å². The van der Waals surface area contributed by atoms with Crippen molar-refractivity contribution in [2.45, 2.75) is 51.5 Å². The molecule has 1 amide bonds. The first-order chi connectivity index (χ1) is 8.38. The molecule has 100 valence electrons. The van der Waals surface area contributed by atoms with Gasteiger partial charge in [0.25, 0.3) is 0 Å². The van der Waals surface area contributed by atoms with Crippen LogP contribution in [0.25, 0.3) is 0 Å². The van der Waals surface area contributed by atoms with Gasteiger partial charge in [0, 0.05) is 24.4 Å². The first kappa shape index (κ1) is 12.9. The van der Waals surface area contributed by atoms with E-state index in [1.807, 2.05) is 20.8 Å². The number of rotatable bonds is 4. The van der Waals surface area contributed by atoms with Crippen LogP contribution in [0, 0.1) is 0 Å². The molecule has 0 aromatic carbocycles. The fraction of sp³-hybridized carbons (Fsp3) is 0.750. The minimum absolute atomic E-state index is 0.366. The highest BCUT2D eigenvalue weighted by Crippen LogP contribution is 2.38. The first-order valence-corrected chi connectivity index (χ1v) is 6.21. The fourth-order valence-corrected chi connectivity index (χ4v) is 1.80. The molecule has 1 heterocycles. The number of hydrogen-bond acceptors (Lipinski definition) is 4. The van der Waals surface area contributed by atoms with Crippen LogP contribution in [-0.2, 0) is 6.42 Å². The summed E-state index contributed by atoms with van der Waals surface area (Å²) in [6, 6.07) is 0. The Morgan fingerprint density at radius 1 is 1.50 bits per heavy atom. The zero-order chi connectivity index (χ0) is 13.3. The average molecular weight is 253 g/mol. The Labute approximate surface area is 106 Å². The highest BCUT2D eigenvalue weighted by Gasteiger charge is 2.30. The number of hydrogen-bond donors (Lipinski definition) is 1. The van der Waals surface area contributed by atoms with E-state index in [0.717, 1.165) is 18.7 Å². The van der Waals surface area contributed by atoms with Crippen molar-refractivity contribution in [1.29, 1.82) is 0 Å². The van der Waals surface area contributed by atoms with E-state index in [1.54, 1.807) is 0 Å². The zero-order valence-corrected chi connectivity index (χ0v) is 11.0. The van der Waals surface area contributed by atoms with E-state index in [9.17, 15) is 4.79 Å². The Balaban J connectivity index is 1.94. The molecule has 0 saturated heterocycles. The Morgan fingerprint density at radius 2 is 2.17 bits per heavy atom. The van der Waals surface area contributed by atoms with Gasteiger partial charge in [-0.15, -0.1) is 0 Å². The Morgan fingerprint density at radius 3 is 2.67 bits per heavy atom. The largest absolute Gasteiger partial charge is 0.465 e. The molecule has 1 N–H and O–H groups in total. The quantitative estimate of drug-likeness (QED) is 0.890. The van der Waals surface area contributed by atoms with Crippen LogP contribution in [0.4, 0.5) is 4.79 Å². The van der Waals surface area contributed by atoms with Crippen molar-refractivity contribution in [1.82, 2.24) is 15.0 Å². The molecule has 0 spiro atoms. The van der Waals surface area contributed by atoms with E-state index in [2.05, 4.69) is 10.1 Å². The van der Waals surface area contributed by atoms with Crippen LogP contribution in [0.3, 0.4) is 0 Å². The second kappa shape index (κ2) is 4.59. The molecule has 0 aliphatic heterocycles. The third-order valence-electron chi connectivity index (χ3n) is 3.02. The third kappa shape index (κ3) is 3.00. The summed E-state index contributed by atoms with van der Waals surface area (Å²) in [5, 5.41) is 13.1. The Kier molecular flexibility index (Phi) is 3.28. The molecule has 2 rings (SSSR count). The van der Waals surface area contributed by atoms with Gasteiger partial charge in [-0.3, -0.25) is 0 Å². The van der Waals surface area contributed by atoms with Crippen LogP contribution < -0.4 is 0 Å². The fourth-order valence-electron chi connectivity index (χ4n) is 1.80. The number of carbonyl (C=O) groups is 1. The van der Waals surface area contributed by atoms with Gasteiger partial charge < -0.3 is 14.5 Å². The Hall–Kier alpha value is -1.59. The van der Waals surface area contributed by atoms with Crippen LogP contribution in [0.5, 0.6) is 0 Å². The summed E-state index contributed by atoms with van der Waals surface area (Å²) in [7, 11) is 0. The van der Waals surface area contributed by atoms with Crippen molar-refractivity contribution in [3.63, 3.8) is 0 Å². The number of amides is 1. The molecular weight excluding hydrogens is 234 g/mol. The number of carboxylic acid groups (broad SMARTS) is 1. The maximum atomic E-state index is 11.2. The smallest absolute Gasteiger partial charge is 0.407 e. The lowest BCUT2D eigenvalue weighted by Gasteiger charge is -2.32. The van der Waals surface area contributed by atoms with Crippen molar-refractivity contribution in [3.8, 4) is 0 Å². The van der Waals surface area contributed by atoms with Gasteiger partial charge in [0.1, 0.15) is 0 Å². The molecule has 1 saturated carbocycles. The lowest BCUT2D eigenvalue weighted by atomic mass is 10.1. The van der Waals surface area contributed by atoms with Gasteiger partial charge in [0.15, 0.2) is 5.82 Å². The number of aromatic nitrogens is 2. The molecule has 1 aromatic heterocycles. The van der Waals surface area contributed by atoms with E-state index >= 15 is 0 Å². The van der Waals surface area contributed by atoms with Crippen molar-refractivity contribution in [2.75, 3.05) is 6.54 Å². The van der Waals surface area contributed by atoms with Gasteiger partial charge in [-0.25, -0.2) is 4.79 Å². The molecule has 1 aromatic rings. The topological polar surface area (TPSA) is 79.5 Å². The third-order valence-corrected chi connectivity index (χ3v) is 3.02. The molecular formula is C12H19N3O3. The molecule has 6 nitrogen and oxygen atoms in total. The highest BCUT2D eigenvalue weighted by atomic mass is 16.5. The van der Waals surface area contributed by atoms with Crippen LogP contribution in [0.15, 0.2) is 4.52 Å². The molecule has 1 aliphatic carbocycles. The molecule has 6 heteroatoms. The van der Waals surface area contributed by atoms with Crippen molar-refractivity contribution in [3.05, 3.63) is 11.7 Å². The van der Waals surface area contributed by atoms with Crippen molar-refractivity contribution < 1.29 is 14.4 Å². The van der Waals surface area contributed by atoms with E-state index in [-0.39, 0.29) is 0 Å². The lowest BCUT2D eigenvalue weighted by molar-refractivity contribution is 0.0996. The first-order valence-electron chi connectivity index (χ1n) is 6.21. The predicted molar refractivity (Wildman–Crippen MR) is 64.5 cm³/mol. The average Bonchev–Trinajstić information content (AvgIpc) is 2.97. The molecule has 0 atom stereocenters. The summed E-state index contributed by atoms with van der Waals surface area (Å²) in [5.74, 6) is 1.75. The van der Waals surface area contributed by atoms with Gasteiger partial charge in [-0.05, 0) is 33.6 Å². The minimum Gasteiger partial charge on any atom is -0.465 e. The standard InChI is InChI=1S/C12H19N3O3/c1-12(2,3)15(11(16)17)7-6-9-13-10(14-18-9)8-4-5-8/h8H,4-7H2,1-3H3,(H,16,17). The lowest BCUT2D eigenvalue weighted by Crippen LogP contribution is -2.45. The summed E-state index contributed by atoms with van der Waals surface area (Å²) in [4.78, 5) is 16.8. The maximum Gasteiger partial charge on any atom is 0.407 e. The number of nitrogens with zero attached hydrogens (tertiary/aromatic N) is 3. The molecule has 18 heavy (non-hydrogen) atoms. The molecule has 1 aliphatic rings. The van der Waals surface area contributed by atoms with Gasteiger partial charge in [-0.1, -0.05) is 5.16 Å². The second-order valence-electron chi connectivity index (χ2n) is 5.68. The molecule has 1 fully saturated rings. The van der Waals surface area contributed by atoms with Gasteiger partial charge in [0.05, 0.1) is 0 Å². The maximum absolute atomic E-state index is 11.2. The van der Waals surface area contributed by atoms with E-state index in [1.165, 1.54) is 4.90 Å². The van der Waals surface area contributed by atoms with Gasteiger partial charge >= 0.3 is 6.09 Å². The summed E-state index contributed by atoms with van der Waals surface area (Å²) in [6.45, 7) is 5.96. The zero-order valence-electron chi connectivity index (χ0n) is 11.0. The van der Waals surface area contributed by atoms with Crippen molar-refractivity contribution in [2.24, 2.45) is 0 Å². The summed E-state index contributed by atoms with van der Waals surface area (Å²) >= 11 is 0. The predicted octanol–water partition coefficient (Wildman–Crippen LogP) is 2.27. The molecule has 0 radical (unpaired) electrons. The van der Waals surface area contributed by atoms with E-state index in [4.69, 9.17) is 9.63 Å². The summed E-state index contributed by atoms with van der Waals surface area (Å²) in [6.07, 6.45) is 1.79. The molecule has 0 unspecified atom stereocenters. The van der Waals surface area contributed by atoms with E-state index in [0.29, 0.717) is 24.8 Å². The SMILES string of the molecule is CC(C)(C)N(CCc1nc(C2CC2)no1)C(=O)O. The van der Waals surface area contributed by atoms with Gasteiger partial charge in [0.2, 0.25) is 5.89 Å². The highest BCUT2D eigenvalue weighted by molar-refractivity contribution is 5.65. The van der Waals surface area contributed by atoms with Crippen LogP contribution >= 0.6 is 0 Å². The normalized spacial score (nSPS) is 15.7. The summed E-state index contributed by atoms with van der Waals surface area (Å²) < 4.78 is 5.13. The minimum atomic E-state index is -0.926. The second-order valence-corrected chi connectivity index (χ2v) is 5.68.